The second kappa shape index (κ2) is 6.74. The lowest BCUT2D eigenvalue weighted by molar-refractivity contribution is 0.199. The second-order valence-electron chi connectivity index (χ2n) is 4.83. The van der Waals surface area contributed by atoms with Crippen LogP contribution in [0.2, 0.25) is 0 Å². The van der Waals surface area contributed by atoms with Gasteiger partial charge in [0.25, 0.3) is 0 Å². The molecule has 0 aromatic heterocycles. The van der Waals surface area contributed by atoms with Gasteiger partial charge in [-0.25, -0.2) is 0 Å². The molecule has 2 aromatic rings. The Hall–Kier alpha value is -0.840. The molecule has 0 radical (unpaired) electrons. The molecular weight excluding hydrogens is 382 g/mol. The maximum atomic E-state index is 9.91. The first-order valence-corrected chi connectivity index (χ1v) is 7.99. The molecule has 0 aliphatic carbocycles. The summed E-state index contributed by atoms with van der Waals surface area (Å²) in [6.45, 7) is 2.57. The van der Waals surface area contributed by atoms with Crippen LogP contribution in [0, 0.1) is 0 Å². The van der Waals surface area contributed by atoms with E-state index < -0.39 is 6.10 Å². The average Bonchev–Trinajstić information content (AvgIpc) is 2.40. The molecule has 2 nitrogen and oxygen atoms in total. The maximum Gasteiger partial charge on any atom is 0.0782 e. The fourth-order valence-electron chi connectivity index (χ4n) is 2.17. The molecule has 2 aromatic carbocycles. The van der Waals surface area contributed by atoms with Gasteiger partial charge in [-0.15, -0.1) is 0 Å². The van der Waals surface area contributed by atoms with E-state index in [4.69, 9.17) is 0 Å². The SMILES string of the molecule is CC(O)c1ccc(Br)cc1N(C)Cc1ccccc1Br. The molecule has 0 spiro atoms. The van der Waals surface area contributed by atoms with Crippen molar-refractivity contribution in [3.05, 3.63) is 62.5 Å². The van der Waals surface area contributed by atoms with E-state index in [2.05, 4.69) is 42.8 Å². The number of aliphatic hydroxyl groups is 1. The smallest absolute Gasteiger partial charge is 0.0782 e. The van der Waals surface area contributed by atoms with E-state index in [1.54, 1.807) is 6.92 Å². The van der Waals surface area contributed by atoms with Crippen LogP contribution in [0.3, 0.4) is 0 Å². The summed E-state index contributed by atoms with van der Waals surface area (Å²) in [5.41, 5.74) is 3.18. The normalized spacial score (nSPS) is 12.2. The van der Waals surface area contributed by atoms with Gasteiger partial charge < -0.3 is 10.0 Å². The highest BCUT2D eigenvalue weighted by Crippen LogP contribution is 2.30. The first-order chi connectivity index (χ1) is 9.49. The van der Waals surface area contributed by atoms with E-state index in [0.29, 0.717) is 0 Å². The molecule has 1 N–H and O–H groups in total. The lowest BCUT2D eigenvalue weighted by Crippen LogP contribution is -2.19. The predicted octanol–water partition coefficient (Wildman–Crippen LogP) is 4.90. The Kier molecular flexibility index (Phi) is 5.24. The van der Waals surface area contributed by atoms with Gasteiger partial charge in [0.1, 0.15) is 0 Å². The highest BCUT2D eigenvalue weighted by atomic mass is 79.9. The molecule has 4 heteroatoms. The van der Waals surface area contributed by atoms with Crippen molar-refractivity contribution >= 4 is 37.5 Å². The first-order valence-electron chi connectivity index (χ1n) is 6.41. The van der Waals surface area contributed by atoms with E-state index in [-0.39, 0.29) is 0 Å². The van der Waals surface area contributed by atoms with Crippen LogP contribution in [0.15, 0.2) is 51.4 Å². The highest BCUT2D eigenvalue weighted by Gasteiger charge is 2.13. The Labute approximate surface area is 136 Å². The molecule has 20 heavy (non-hydrogen) atoms. The van der Waals surface area contributed by atoms with Gasteiger partial charge in [0.15, 0.2) is 0 Å². The number of hydrogen-bond donors (Lipinski definition) is 1. The van der Waals surface area contributed by atoms with E-state index in [1.165, 1.54) is 5.56 Å². The molecule has 0 aliphatic rings. The van der Waals surface area contributed by atoms with Crippen LogP contribution in [0.25, 0.3) is 0 Å². The number of benzene rings is 2. The van der Waals surface area contributed by atoms with Crippen LogP contribution in [0.1, 0.15) is 24.2 Å². The fourth-order valence-corrected chi connectivity index (χ4v) is 2.93. The van der Waals surface area contributed by atoms with Gasteiger partial charge in [-0.1, -0.05) is 56.1 Å². The molecule has 0 heterocycles. The summed E-state index contributed by atoms with van der Waals surface area (Å²) in [4.78, 5) is 2.15. The van der Waals surface area contributed by atoms with Gasteiger partial charge in [0.05, 0.1) is 6.10 Å². The molecule has 0 amide bonds. The largest absolute Gasteiger partial charge is 0.389 e. The zero-order chi connectivity index (χ0) is 14.7. The number of halogens is 2. The van der Waals surface area contributed by atoms with Gasteiger partial charge in [0, 0.05) is 33.8 Å². The van der Waals surface area contributed by atoms with Crippen molar-refractivity contribution in [2.45, 2.75) is 19.6 Å². The van der Waals surface area contributed by atoms with Crippen molar-refractivity contribution in [3.63, 3.8) is 0 Å². The summed E-state index contributed by atoms with van der Waals surface area (Å²) in [5.74, 6) is 0. The molecular formula is C16H17Br2NO. The zero-order valence-corrected chi connectivity index (χ0v) is 14.6. The minimum absolute atomic E-state index is 0.486. The molecule has 0 saturated heterocycles. The third-order valence-electron chi connectivity index (χ3n) is 3.22. The number of hydrogen-bond acceptors (Lipinski definition) is 2. The van der Waals surface area contributed by atoms with Crippen LogP contribution in [-0.2, 0) is 6.54 Å². The van der Waals surface area contributed by atoms with Crippen LogP contribution < -0.4 is 4.90 Å². The lowest BCUT2D eigenvalue weighted by atomic mass is 10.1. The molecule has 1 atom stereocenters. The first kappa shape index (κ1) is 15.5. The quantitative estimate of drug-likeness (QED) is 0.791. The van der Waals surface area contributed by atoms with Crippen LogP contribution >= 0.6 is 31.9 Å². The summed E-state index contributed by atoms with van der Waals surface area (Å²) in [5, 5.41) is 9.91. The van der Waals surface area contributed by atoms with Gasteiger partial charge in [0.2, 0.25) is 0 Å². The zero-order valence-electron chi connectivity index (χ0n) is 11.5. The lowest BCUT2D eigenvalue weighted by Gasteiger charge is -2.24. The van der Waals surface area contributed by atoms with Gasteiger partial charge >= 0.3 is 0 Å². The monoisotopic (exact) mass is 397 g/mol. The van der Waals surface area contributed by atoms with Crippen molar-refractivity contribution in [1.29, 1.82) is 0 Å². The molecule has 0 bridgehead atoms. The van der Waals surface area contributed by atoms with Crippen molar-refractivity contribution in [3.8, 4) is 0 Å². The molecule has 2 rings (SSSR count). The fraction of sp³-hybridized carbons (Fsp3) is 0.250. The highest BCUT2D eigenvalue weighted by molar-refractivity contribution is 9.10. The summed E-state index contributed by atoms with van der Waals surface area (Å²) >= 11 is 7.07. The summed E-state index contributed by atoms with van der Waals surface area (Å²) in [7, 11) is 2.03. The van der Waals surface area contributed by atoms with E-state index in [0.717, 1.165) is 26.7 Å². The summed E-state index contributed by atoms with van der Waals surface area (Å²) in [6.07, 6.45) is -0.486. The minimum Gasteiger partial charge on any atom is -0.389 e. The van der Waals surface area contributed by atoms with Crippen LogP contribution in [0.4, 0.5) is 5.69 Å². The Balaban J connectivity index is 2.31. The third-order valence-corrected chi connectivity index (χ3v) is 4.49. The Morgan fingerprint density at radius 2 is 1.85 bits per heavy atom. The molecule has 0 saturated carbocycles. The molecule has 106 valence electrons. The minimum atomic E-state index is -0.486. The number of rotatable bonds is 4. The van der Waals surface area contributed by atoms with Gasteiger partial charge in [-0.2, -0.15) is 0 Å². The average molecular weight is 399 g/mol. The van der Waals surface area contributed by atoms with E-state index >= 15 is 0 Å². The Morgan fingerprint density at radius 3 is 2.50 bits per heavy atom. The van der Waals surface area contributed by atoms with E-state index in [1.807, 2.05) is 43.4 Å². The van der Waals surface area contributed by atoms with Gasteiger partial charge in [-0.05, 0) is 30.7 Å². The predicted molar refractivity (Wildman–Crippen MR) is 91.0 cm³/mol. The number of aliphatic hydroxyl groups excluding tert-OH is 1. The number of anilines is 1. The Morgan fingerprint density at radius 1 is 1.15 bits per heavy atom. The molecule has 0 aliphatic heterocycles. The topological polar surface area (TPSA) is 23.5 Å². The maximum absolute atomic E-state index is 9.91. The van der Waals surface area contributed by atoms with E-state index in [9.17, 15) is 5.11 Å². The molecule has 0 fully saturated rings. The van der Waals surface area contributed by atoms with Crippen LogP contribution in [0.5, 0.6) is 0 Å². The van der Waals surface area contributed by atoms with Crippen molar-refractivity contribution < 1.29 is 5.11 Å². The second-order valence-corrected chi connectivity index (χ2v) is 6.60. The summed E-state index contributed by atoms with van der Waals surface area (Å²) < 4.78 is 2.11. The van der Waals surface area contributed by atoms with Gasteiger partial charge in [-0.3, -0.25) is 0 Å². The standard InChI is InChI=1S/C16H17Br2NO/c1-11(20)14-8-7-13(17)9-16(14)19(2)10-12-5-3-4-6-15(12)18/h3-9,11,20H,10H2,1-2H3. The molecule has 1 unspecified atom stereocenters. The van der Waals surface area contributed by atoms with Crippen molar-refractivity contribution in [2.24, 2.45) is 0 Å². The third kappa shape index (κ3) is 3.62. The van der Waals surface area contributed by atoms with Crippen molar-refractivity contribution in [1.82, 2.24) is 0 Å². The number of nitrogens with zero attached hydrogens (tertiary/aromatic N) is 1. The van der Waals surface area contributed by atoms with Crippen molar-refractivity contribution in [2.75, 3.05) is 11.9 Å². The Bertz CT molecular complexity index is 599. The van der Waals surface area contributed by atoms with Crippen LogP contribution in [-0.4, -0.2) is 12.2 Å². The summed E-state index contributed by atoms with van der Waals surface area (Å²) in [6, 6.07) is 14.1.